The van der Waals surface area contributed by atoms with E-state index in [1.54, 1.807) is 24.0 Å². The molecular formula is C22H24BrFN2O3. The molecule has 0 spiro atoms. The number of nitrogens with two attached hydrogens (primary N) is 1. The SMILES string of the molecule is C[C@H](C[C@]1(c2ccc(F)cc2)CCN([C@@H](C)c2ccc(Br)cc2)C(=O)O1)C(N)=O. The molecule has 1 fully saturated rings. The first kappa shape index (κ1) is 21.3. The Kier molecular flexibility index (Phi) is 6.27. The number of primary amides is 1. The standard InChI is InChI=1S/C22H24BrFN2O3/c1-14(20(25)27)13-22(17-5-9-19(24)10-6-17)11-12-26(21(28)29-22)15(2)16-3-7-18(23)8-4-16/h3-10,14-15H,11-13H2,1-2H3,(H2,25,27)/t14-,15+,22+/m1/s1. The lowest BCUT2D eigenvalue weighted by atomic mass is 9.81. The number of hydrogen-bond donors (Lipinski definition) is 1. The summed E-state index contributed by atoms with van der Waals surface area (Å²) in [4.78, 5) is 26.3. The van der Waals surface area contributed by atoms with Crippen molar-refractivity contribution in [2.24, 2.45) is 11.7 Å². The van der Waals surface area contributed by atoms with E-state index in [9.17, 15) is 14.0 Å². The summed E-state index contributed by atoms with van der Waals surface area (Å²) in [5.41, 5.74) is 6.09. The monoisotopic (exact) mass is 462 g/mol. The fourth-order valence-electron chi connectivity index (χ4n) is 3.76. The third-order valence-corrected chi connectivity index (χ3v) is 6.11. The summed E-state index contributed by atoms with van der Waals surface area (Å²) in [5, 5.41) is 0. The van der Waals surface area contributed by atoms with Gasteiger partial charge in [-0.15, -0.1) is 0 Å². The molecule has 0 saturated carbocycles. The van der Waals surface area contributed by atoms with Crippen molar-refractivity contribution in [3.63, 3.8) is 0 Å². The molecule has 2 aromatic rings. The van der Waals surface area contributed by atoms with Crippen LogP contribution in [0.3, 0.4) is 0 Å². The van der Waals surface area contributed by atoms with Gasteiger partial charge in [0.05, 0.1) is 6.04 Å². The van der Waals surface area contributed by atoms with E-state index in [0.29, 0.717) is 18.5 Å². The molecule has 3 rings (SSSR count). The molecule has 1 saturated heterocycles. The van der Waals surface area contributed by atoms with Gasteiger partial charge in [-0.3, -0.25) is 4.79 Å². The highest BCUT2D eigenvalue weighted by atomic mass is 79.9. The summed E-state index contributed by atoms with van der Waals surface area (Å²) in [6.07, 6.45) is 0.260. The minimum Gasteiger partial charge on any atom is -0.438 e. The number of hydrogen-bond acceptors (Lipinski definition) is 3. The molecule has 1 heterocycles. The fraction of sp³-hybridized carbons (Fsp3) is 0.364. The molecular weight excluding hydrogens is 439 g/mol. The molecule has 1 aliphatic heterocycles. The van der Waals surface area contributed by atoms with Crippen molar-refractivity contribution in [2.75, 3.05) is 6.54 Å². The first-order chi connectivity index (χ1) is 13.7. The van der Waals surface area contributed by atoms with Gasteiger partial charge in [0.2, 0.25) is 5.91 Å². The Morgan fingerprint density at radius 3 is 2.38 bits per heavy atom. The van der Waals surface area contributed by atoms with E-state index in [2.05, 4.69) is 15.9 Å². The summed E-state index contributed by atoms with van der Waals surface area (Å²) in [7, 11) is 0. The quantitative estimate of drug-likeness (QED) is 0.663. The van der Waals surface area contributed by atoms with E-state index in [0.717, 1.165) is 10.0 Å². The van der Waals surface area contributed by atoms with Crippen molar-refractivity contribution < 1.29 is 18.7 Å². The molecule has 7 heteroatoms. The second kappa shape index (κ2) is 8.53. The highest BCUT2D eigenvalue weighted by Gasteiger charge is 2.45. The predicted molar refractivity (Wildman–Crippen MR) is 111 cm³/mol. The van der Waals surface area contributed by atoms with Crippen LogP contribution >= 0.6 is 15.9 Å². The average Bonchev–Trinajstić information content (AvgIpc) is 2.68. The average molecular weight is 463 g/mol. The Labute approximate surface area is 178 Å². The van der Waals surface area contributed by atoms with E-state index in [-0.39, 0.29) is 18.3 Å². The summed E-state index contributed by atoms with van der Waals surface area (Å²) in [5.74, 6) is -1.34. The number of cyclic esters (lactones) is 1. The van der Waals surface area contributed by atoms with Gasteiger partial charge in [-0.25, -0.2) is 9.18 Å². The van der Waals surface area contributed by atoms with Gasteiger partial charge in [0.25, 0.3) is 0 Å². The molecule has 2 N–H and O–H groups in total. The zero-order chi connectivity index (χ0) is 21.2. The topological polar surface area (TPSA) is 72.6 Å². The Morgan fingerprint density at radius 2 is 1.83 bits per heavy atom. The largest absolute Gasteiger partial charge is 0.438 e. The number of benzene rings is 2. The fourth-order valence-corrected chi connectivity index (χ4v) is 4.02. The maximum Gasteiger partial charge on any atom is 0.411 e. The molecule has 5 nitrogen and oxygen atoms in total. The number of amides is 2. The van der Waals surface area contributed by atoms with Crippen LogP contribution in [0.2, 0.25) is 0 Å². The number of halogens is 2. The van der Waals surface area contributed by atoms with Crippen molar-refractivity contribution >= 4 is 27.9 Å². The third-order valence-electron chi connectivity index (χ3n) is 5.59. The van der Waals surface area contributed by atoms with Gasteiger partial charge >= 0.3 is 6.09 Å². The van der Waals surface area contributed by atoms with Crippen molar-refractivity contribution in [3.8, 4) is 0 Å². The molecule has 154 valence electrons. The van der Waals surface area contributed by atoms with Crippen molar-refractivity contribution in [1.29, 1.82) is 0 Å². The summed E-state index contributed by atoms with van der Waals surface area (Å²) in [6.45, 7) is 4.10. The van der Waals surface area contributed by atoms with Gasteiger partial charge in [0.15, 0.2) is 0 Å². The highest BCUT2D eigenvalue weighted by molar-refractivity contribution is 9.10. The molecule has 2 aromatic carbocycles. The number of rotatable bonds is 6. The molecule has 1 aliphatic rings. The molecule has 0 radical (unpaired) electrons. The predicted octanol–water partition coefficient (Wildman–Crippen LogP) is 4.90. The van der Waals surface area contributed by atoms with Gasteiger partial charge in [0.1, 0.15) is 11.4 Å². The lowest BCUT2D eigenvalue weighted by Crippen LogP contribution is -2.50. The van der Waals surface area contributed by atoms with Crippen LogP contribution in [0.5, 0.6) is 0 Å². The first-order valence-corrected chi connectivity index (χ1v) is 10.3. The Balaban J connectivity index is 1.87. The van der Waals surface area contributed by atoms with E-state index < -0.39 is 23.5 Å². The van der Waals surface area contributed by atoms with E-state index >= 15 is 0 Å². The Hall–Kier alpha value is -2.41. The second-order valence-electron chi connectivity index (χ2n) is 7.55. The smallest absolute Gasteiger partial charge is 0.411 e. The number of carbonyl (C=O) groups excluding carboxylic acids is 2. The van der Waals surface area contributed by atoms with Crippen molar-refractivity contribution in [3.05, 3.63) is 69.9 Å². The Morgan fingerprint density at radius 1 is 1.21 bits per heavy atom. The van der Waals surface area contributed by atoms with Crippen LogP contribution in [0.4, 0.5) is 9.18 Å². The molecule has 29 heavy (non-hydrogen) atoms. The van der Waals surface area contributed by atoms with Crippen LogP contribution in [0.15, 0.2) is 53.0 Å². The summed E-state index contributed by atoms with van der Waals surface area (Å²) < 4.78 is 20.3. The second-order valence-corrected chi connectivity index (χ2v) is 8.46. The summed E-state index contributed by atoms with van der Waals surface area (Å²) in [6, 6.07) is 13.5. The number of ether oxygens (including phenoxy) is 1. The minimum absolute atomic E-state index is 0.171. The molecule has 2 amide bonds. The van der Waals surface area contributed by atoms with Gasteiger partial charge in [-0.2, -0.15) is 0 Å². The van der Waals surface area contributed by atoms with Crippen LogP contribution in [0.1, 0.15) is 43.9 Å². The normalized spacial score (nSPS) is 21.4. The third kappa shape index (κ3) is 4.61. The molecule has 0 unspecified atom stereocenters. The maximum atomic E-state index is 13.4. The van der Waals surface area contributed by atoms with Crippen LogP contribution in [-0.2, 0) is 15.1 Å². The van der Waals surface area contributed by atoms with Crippen molar-refractivity contribution in [1.82, 2.24) is 4.90 Å². The molecule has 3 atom stereocenters. The molecule has 0 bridgehead atoms. The van der Waals surface area contributed by atoms with Gasteiger partial charge < -0.3 is 15.4 Å². The number of carbonyl (C=O) groups is 2. The van der Waals surface area contributed by atoms with Gasteiger partial charge in [-0.1, -0.05) is 47.1 Å². The maximum absolute atomic E-state index is 13.4. The van der Waals surface area contributed by atoms with Crippen LogP contribution in [-0.4, -0.2) is 23.4 Å². The van der Waals surface area contributed by atoms with E-state index in [1.807, 2.05) is 31.2 Å². The minimum atomic E-state index is -1.02. The van der Waals surface area contributed by atoms with E-state index in [1.165, 1.54) is 12.1 Å². The molecule has 0 aliphatic carbocycles. The Bertz CT molecular complexity index is 888. The van der Waals surface area contributed by atoms with Crippen LogP contribution in [0, 0.1) is 11.7 Å². The lowest BCUT2D eigenvalue weighted by molar-refractivity contribution is -0.126. The van der Waals surface area contributed by atoms with Crippen LogP contribution < -0.4 is 5.73 Å². The zero-order valence-electron chi connectivity index (χ0n) is 16.4. The number of nitrogens with zero attached hydrogens (tertiary/aromatic N) is 1. The van der Waals surface area contributed by atoms with Crippen molar-refractivity contribution in [2.45, 2.75) is 38.3 Å². The van der Waals surface area contributed by atoms with Gasteiger partial charge in [0, 0.05) is 29.8 Å². The lowest BCUT2D eigenvalue weighted by Gasteiger charge is -2.44. The summed E-state index contributed by atoms with van der Waals surface area (Å²) >= 11 is 3.41. The van der Waals surface area contributed by atoms with Gasteiger partial charge in [-0.05, 0) is 42.3 Å². The zero-order valence-corrected chi connectivity index (χ0v) is 18.0. The first-order valence-electron chi connectivity index (χ1n) is 9.52. The van der Waals surface area contributed by atoms with E-state index in [4.69, 9.17) is 10.5 Å². The molecule has 0 aromatic heterocycles. The highest BCUT2D eigenvalue weighted by Crippen LogP contribution is 2.41. The van der Waals surface area contributed by atoms with Crippen LogP contribution in [0.25, 0.3) is 0 Å².